The summed E-state index contributed by atoms with van der Waals surface area (Å²) in [5.74, 6) is 0. The number of rotatable bonds is 7. The molecule has 0 fully saturated rings. The number of hydrogen-bond donors (Lipinski definition) is 2. The highest BCUT2D eigenvalue weighted by molar-refractivity contribution is 5.62. The summed E-state index contributed by atoms with van der Waals surface area (Å²) in [5, 5.41) is 22.2. The minimum Gasteiger partial charge on any atom is -0.394 e. The second-order valence-electron chi connectivity index (χ2n) is 3.54. The Labute approximate surface area is 99.4 Å². The number of nitrogens with zero attached hydrogens (tertiary/aromatic N) is 1. The van der Waals surface area contributed by atoms with Crippen molar-refractivity contribution in [2.24, 2.45) is 0 Å². The van der Waals surface area contributed by atoms with E-state index in [2.05, 4.69) is 5.32 Å². The zero-order chi connectivity index (χ0) is 12.7. The number of nitro groups is 1. The lowest BCUT2D eigenvalue weighted by atomic mass is 10.2. The molecule has 0 aliphatic carbocycles. The number of ether oxygens (including phenoxy) is 1. The number of aryl methyl sites for hydroxylation is 1. The van der Waals surface area contributed by atoms with Crippen molar-refractivity contribution in [2.75, 3.05) is 31.7 Å². The van der Waals surface area contributed by atoms with Crippen LogP contribution in [0, 0.1) is 17.0 Å². The van der Waals surface area contributed by atoms with Gasteiger partial charge >= 0.3 is 0 Å². The molecule has 6 nitrogen and oxygen atoms in total. The molecule has 0 aromatic heterocycles. The summed E-state index contributed by atoms with van der Waals surface area (Å²) in [6.45, 7) is 2.92. The van der Waals surface area contributed by atoms with Gasteiger partial charge in [0.2, 0.25) is 0 Å². The largest absolute Gasteiger partial charge is 0.394 e. The van der Waals surface area contributed by atoms with Gasteiger partial charge in [-0.3, -0.25) is 10.1 Å². The van der Waals surface area contributed by atoms with E-state index in [1.807, 2.05) is 6.07 Å². The van der Waals surface area contributed by atoms with Gasteiger partial charge in [-0.2, -0.15) is 0 Å². The van der Waals surface area contributed by atoms with Gasteiger partial charge in [0, 0.05) is 12.6 Å². The first-order chi connectivity index (χ1) is 8.15. The van der Waals surface area contributed by atoms with Crippen LogP contribution in [0.1, 0.15) is 5.56 Å². The minimum absolute atomic E-state index is 0.0231. The van der Waals surface area contributed by atoms with Gasteiger partial charge in [-0.05, 0) is 18.6 Å². The second kappa shape index (κ2) is 6.82. The van der Waals surface area contributed by atoms with Gasteiger partial charge < -0.3 is 15.2 Å². The summed E-state index contributed by atoms with van der Waals surface area (Å²) in [6, 6.07) is 5.01. The average molecular weight is 240 g/mol. The molecular formula is C11H16N2O4. The maximum Gasteiger partial charge on any atom is 0.292 e. The molecule has 1 rings (SSSR count). The van der Waals surface area contributed by atoms with Crippen molar-refractivity contribution in [1.82, 2.24) is 0 Å². The summed E-state index contributed by atoms with van der Waals surface area (Å²) in [7, 11) is 0. The second-order valence-corrected chi connectivity index (χ2v) is 3.54. The fourth-order valence-corrected chi connectivity index (χ4v) is 1.37. The van der Waals surface area contributed by atoms with Crippen LogP contribution in [-0.2, 0) is 4.74 Å². The van der Waals surface area contributed by atoms with E-state index in [9.17, 15) is 10.1 Å². The Morgan fingerprint density at radius 2 is 2.24 bits per heavy atom. The molecule has 0 saturated heterocycles. The van der Waals surface area contributed by atoms with Crippen molar-refractivity contribution in [3.63, 3.8) is 0 Å². The normalized spacial score (nSPS) is 10.2. The molecule has 0 bridgehead atoms. The monoisotopic (exact) mass is 240 g/mol. The van der Waals surface area contributed by atoms with Gasteiger partial charge in [0.15, 0.2) is 0 Å². The van der Waals surface area contributed by atoms with Gasteiger partial charge in [-0.15, -0.1) is 0 Å². The molecule has 0 unspecified atom stereocenters. The molecular weight excluding hydrogens is 224 g/mol. The molecule has 1 aromatic rings. The zero-order valence-electron chi connectivity index (χ0n) is 9.68. The van der Waals surface area contributed by atoms with Crippen molar-refractivity contribution >= 4 is 11.4 Å². The van der Waals surface area contributed by atoms with Crippen LogP contribution in [0.2, 0.25) is 0 Å². The average Bonchev–Trinajstić information content (AvgIpc) is 2.30. The van der Waals surface area contributed by atoms with Crippen LogP contribution < -0.4 is 5.32 Å². The molecule has 94 valence electrons. The molecule has 1 aromatic carbocycles. The van der Waals surface area contributed by atoms with Gasteiger partial charge in [-0.25, -0.2) is 0 Å². The lowest BCUT2D eigenvalue weighted by Gasteiger charge is -2.07. The molecule has 0 saturated carbocycles. The number of anilines is 1. The number of nitrogens with one attached hydrogen (secondary N) is 1. The highest BCUT2D eigenvalue weighted by Crippen LogP contribution is 2.24. The Morgan fingerprint density at radius 3 is 2.88 bits per heavy atom. The zero-order valence-corrected chi connectivity index (χ0v) is 9.68. The van der Waals surface area contributed by atoms with Crippen LogP contribution in [0.4, 0.5) is 11.4 Å². The van der Waals surface area contributed by atoms with E-state index < -0.39 is 4.92 Å². The van der Waals surface area contributed by atoms with E-state index in [0.29, 0.717) is 18.8 Å². The van der Waals surface area contributed by atoms with Crippen LogP contribution >= 0.6 is 0 Å². The molecule has 17 heavy (non-hydrogen) atoms. The topological polar surface area (TPSA) is 84.6 Å². The van der Waals surface area contributed by atoms with E-state index in [4.69, 9.17) is 9.84 Å². The summed E-state index contributed by atoms with van der Waals surface area (Å²) in [5.41, 5.74) is 1.39. The van der Waals surface area contributed by atoms with Crippen LogP contribution in [0.25, 0.3) is 0 Å². The quantitative estimate of drug-likeness (QED) is 0.426. The first-order valence-electron chi connectivity index (χ1n) is 5.32. The van der Waals surface area contributed by atoms with E-state index >= 15 is 0 Å². The van der Waals surface area contributed by atoms with E-state index in [0.717, 1.165) is 5.56 Å². The molecule has 0 aliphatic rings. The highest BCUT2D eigenvalue weighted by Gasteiger charge is 2.12. The summed E-state index contributed by atoms with van der Waals surface area (Å²) >= 11 is 0. The maximum atomic E-state index is 10.8. The minimum atomic E-state index is -0.413. The third kappa shape index (κ3) is 4.38. The van der Waals surface area contributed by atoms with Gasteiger partial charge in [0.05, 0.1) is 24.7 Å². The molecule has 0 heterocycles. The van der Waals surface area contributed by atoms with Crippen molar-refractivity contribution in [3.05, 3.63) is 33.9 Å². The summed E-state index contributed by atoms with van der Waals surface area (Å²) in [4.78, 5) is 10.4. The van der Waals surface area contributed by atoms with Crippen molar-refractivity contribution in [3.8, 4) is 0 Å². The van der Waals surface area contributed by atoms with Crippen molar-refractivity contribution in [2.45, 2.75) is 6.92 Å². The lowest BCUT2D eigenvalue weighted by molar-refractivity contribution is -0.384. The number of aliphatic hydroxyl groups is 1. The van der Waals surface area contributed by atoms with Crippen LogP contribution in [-0.4, -0.2) is 36.4 Å². The predicted molar refractivity (Wildman–Crippen MR) is 64.2 cm³/mol. The SMILES string of the molecule is Cc1ccc(NCCOCCO)c([N+](=O)[O-])c1. The fourth-order valence-electron chi connectivity index (χ4n) is 1.37. The number of hydrogen-bond acceptors (Lipinski definition) is 5. The molecule has 2 N–H and O–H groups in total. The third-order valence-corrected chi connectivity index (χ3v) is 2.15. The van der Waals surface area contributed by atoms with Crippen LogP contribution in [0.5, 0.6) is 0 Å². The highest BCUT2D eigenvalue weighted by atomic mass is 16.6. The molecule has 0 atom stereocenters. The van der Waals surface area contributed by atoms with Gasteiger partial charge in [-0.1, -0.05) is 6.07 Å². The van der Waals surface area contributed by atoms with Gasteiger partial charge in [0.25, 0.3) is 5.69 Å². The Balaban J connectivity index is 2.55. The molecule has 0 amide bonds. The van der Waals surface area contributed by atoms with E-state index in [1.165, 1.54) is 6.07 Å². The number of benzene rings is 1. The Morgan fingerprint density at radius 1 is 1.47 bits per heavy atom. The Kier molecular flexibility index (Phi) is 5.38. The smallest absolute Gasteiger partial charge is 0.292 e. The first kappa shape index (κ1) is 13.4. The Bertz CT molecular complexity index is 382. The fraction of sp³-hybridized carbons (Fsp3) is 0.455. The van der Waals surface area contributed by atoms with Crippen LogP contribution in [0.3, 0.4) is 0 Å². The number of aliphatic hydroxyl groups excluding tert-OH is 1. The Hall–Kier alpha value is -1.66. The molecule has 0 radical (unpaired) electrons. The lowest BCUT2D eigenvalue weighted by Crippen LogP contribution is -2.12. The standard InChI is InChI=1S/C11H16N2O4/c1-9-2-3-10(11(8-9)13(15)16)12-4-6-17-7-5-14/h2-3,8,12,14H,4-7H2,1H3. The predicted octanol–water partition coefficient (Wildman–Crippen LogP) is 1.32. The third-order valence-electron chi connectivity index (χ3n) is 2.15. The van der Waals surface area contributed by atoms with Crippen LogP contribution in [0.15, 0.2) is 18.2 Å². The summed E-state index contributed by atoms with van der Waals surface area (Å²) < 4.78 is 5.05. The van der Waals surface area contributed by atoms with Crippen molar-refractivity contribution < 1.29 is 14.8 Å². The van der Waals surface area contributed by atoms with Crippen molar-refractivity contribution in [1.29, 1.82) is 0 Å². The first-order valence-corrected chi connectivity index (χ1v) is 5.32. The number of nitro benzene ring substituents is 1. The van der Waals surface area contributed by atoms with E-state index in [-0.39, 0.29) is 18.9 Å². The van der Waals surface area contributed by atoms with E-state index in [1.54, 1.807) is 13.0 Å². The van der Waals surface area contributed by atoms with Gasteiger partial charge in [0.1, 0.15) is 5.69 Å². The molecule has 0 aliphatic heterocycles. The maximum absolute atomic E-state index is 10.8. The molecule has 6 heteroatoms. The summed E-state index contributed by atoms with van der Waals surface area (Å²) in [6.07, 6.45) is 0. The molecule has 0 spiro atoms.